The molecule has 2 atom stereocenters. The van der Waals surface area contributed by atoms with Gasteiger partial charge < -0.3 is 10.5 Å². The second-order valence-electron chi connectivity index (χ2n) is 4.11. The van der Waals surface area contributed by atoms with Gasteiger partial charge in [-0.05, 0) is 24.1 Å². The van der Waals surface area contributed by atoms with E-state index in [-0.39, 0.29) is 17.5 Å². The van der Waals surface area contributed by atoms with E-state index in [4.69, 9.17) is 5.73 Å². The summed E-state index contributed by atoms with van der Waals surface area (Å²) in [7, 11) is -1.11. The zero-order chi connectivity index (χ0) is 14.5. The topological polar surface area (TPSA) is 52.3 Å². The van der Waals surface area contributed by atoms with Gasteiger partial charge in [-0.25, -0.2) is 0 Å². The molecule has 3 nitrogen and oxygen atoms in total. The minimum atomic E-state index is -4.70. The predicted octanol–water partition coefficient (Wildman–Crippen LogP) is 2.57. The van der Waals surface area contributed by atoms with Crippen LogP contribution in [-0.4, -0.2) is 22.4 Å². The van der Waals surface area contributed by atoms with Crippen LogP contribution < -0.4 is 10.5 Å². The van der Waals surface area contributed by atoms with E-state index in [2.05, 4.69) is 4.74 Å². The third-order valence-electron chi connectivity index (χ3n) is 2.41. The quantitative estimate of drug-likeness (QED) is 0.877. The van der Waals surface area contributed by atoms with Crippen LogP contribution in [0, 0.1) is 0 Å². The lowest BCUT2D eigenvalue weighted by atomic mass is 10.2. The lowest BCUT2D eigenvalue weighted by molar-refractivity contribution is -0.274. The largest absolute Gasteiger partial charge is 0.573 e. The fraction of sp³-hybridized carbons (Fsp3) is 0.500. The second-order valence-corrected chi connectivity index (χ2v) is 5.61. The van der Waals surface area contributed by atoms with Crippen molar-refractivity contribution in [1.82, 2.24) is 0 Å². The molecular formula is C12H16F3NO2S. The van der Waals surface area contributed by atoms with Gasteiger partial charge in [-0.3, -0.25) is 4.21 Å². The van der Waals surface area contributed by atoms with E-state index in [0.29, 0.717) is 11.3 Å². The van der Waals surface area contributed by atoms with Gasteiger partial charge in [0.25, 0.3) is 0 Å². The summed E-state index contributed by atoms with van der Waals surface area (Å²) in [5.41, 5.74) is 6.37. The van der Waals surface area contributed by atoms with Crippen molar-refractivity contribution in [3.05, 3.63) is 29.8 Å². The molecule has 2 unspecified atom stereocenters. The van der Waals surface area contributed by atoms with Crippen molar-refractivity contribution < 1.29 is 22.1 Å². The highest BCUT2D eigenvalue weighted by Crippen LogP contribution is 2.23. The SMILES string of the molecule is CCC(N)CS(=O)Cc1ccc(OC(F)(F)F)cc1. The monoisotopic (exact) mass is 295 g/mol. The Balaban J connectivity index is 2.55. The van der Waals surface area contributed by atoms with Crippen LogP contribution in [0.4, 0.5) is 13.2 Å². The summed E-state index contributed by atoms with van der Waals surface area (Å²) in [4.78, 5) is 0. The molecule has 2 N–H and O–H groups in total. The van der Waals surface area contributed by atoms with Crippen LogP contribution in [0.2, 0.25) is 0 Å². The summed E-state index contributed by atoms with van der Waals surface area (Å²) in [5.74, 6) is 0.379. The Morgan fingerprint density at radius 3 is 2.37 bits per heavy atom. The van der Waals surface area contributed by atoms with E-state index in [1.54, 1.807) is 0 Å². The second kappa shape index (κ2) is 6.91. The van der Waals surface area contributed by atoms with Crippen LogP contribution in [-0.2, 0) is 16.6 Å². The van der Waals surface area contributed by atoms with E-state index < -0.39 is 17.2 Å². The third kappa shape index (κ3) is 6.58. The lowest BCUT2D eigenvalue weighted by Crippen LogP contribution is -2.26. The van der Waals surface area contributed by atoms with E-state index in [9.17, 15) is 17.4 Å². The van der Waals surface area contributed by atoms with Gasteiger partial charge in [0.05, 0.1) is 0 Å². The fourth-order valence-corrected chi connectivity index (χ4v) is 2.78. The van der Waals surface area contributed by atoms with Gasteiger partial charge in [0.1, 0.15) is 5.75 Å². The number of nitrogens with two attached hydrogens (primary N) is 1. The number of rotatable bonds is 6. The molecule has 0 aliphatic carbocycles. The predicted molar refractivity (Wildman–Crippen MR) is 68.1 cm³/mol. The summed E-state index contributed by atoms with van der Waals surface area (Å²) < 4.78 is 51.3. The molecule has 0 saturated heterocycles. The van der Waals surface area contributed by atoms with Gasteiger partial charge in [-0.1, -0.05) is 19.1 Å². The minimum absolute atomic E-state index is 0.117. The van der Waals surface area contributed by atoms with Crippen molar-refractivity contribution in [3.8, 4) is 5.75 Å². The molecule has 0 heterocycles. The average molecular weight is 295 g/mol. The van der Waals surface area contributed by atoms with Crippen LogP contribution >= 0.6 is 0 Å². The first-order valence-corrected chi connectivity index (χ1v) is 7.24. The van der Waals surface area contributed by atoms with Crippen molar-refractivity contribution in [1.29, 1.82) is 0 Å². The highest BCUT2D eigenvalue weighted by Gasteiger charge is 2.30. The molecule has 108 valence electrons. The Bertz CT molecular complexity index is 420. The molecule has 0 fully saturated rings. The zero-order valence-corrected chi connectivity index (χ0v) is 11.3. The van der Waals surface area contributed by atoms with Crippen LogP contribution in [0.3, 0.4) is 0 Å². The van der Waals surface area contributed by atoms with Gasteiger partial charge >= 0.3 is 6.36 Å². The summed E-state index contributed by atoms with van der Waals surface area (Å²) in [6.07, 6.45) is -3.96. The molecule has 1 rings (SSSR count). The first-order valence-electron chi connectivity index (χ1n) is 5.75. The first-order chi connectivity index (χ1) is 8.80. The maximum absolute atomic E-state index is 11.9. The Kier molecular flexibility index (Phi) is 5.81. The minimum Gasteiger partial charge on any atom is -0.406 e. The van der Waals surface area contributed by atoms with Crippen molar-refractivity contribution in [2.45, 2.75) is 31.5 Å². The van der Waals surface area contributed by atoms with Gasteiger partial charge in [0.15, 0.2) is 0 Å². The van der Waals surface area contributed by atoms with Crippen LogP contribution in [0.1, 0.15) is 18.9 Å². The third-order valence-corrected chi connectivity index (χ3v) is 3.86. The molecule has 0 bridgehead atoms. The smallest absolute Gasteiger partial charge is 0.406 e. The highest BCUT2D eigenvalue weighted by atomic mass is 32.2. The highest BCUT2D eigenvalue weighted by molar-refractivity contribution is 7.84. The average Bonchev–Trinajstić information content (AvgIpc) is 2.29. The van der Waals surface area contributed by atoms with Gasteiger partial charge in [0, 0.05) is 28.3 Å². The molecule has 0 saturated carbocycles. The Labute approximate surface area is 112 Å². The van der Waals surface area contributed by atoms with Crippen molar-refractivity contribution >= 4 is 10.8 Å². The van der Waals surface area contributed by atoms with E-state index in [1.165, 1.54) is 24.3 Å². The molecule has 19 heavy (non-hydrogen) atoms. The fourth-order valence-electron chi connectivity index (χ4n) is 1.39. The summed E-state index contributed by atoms with van der Waals surface area (Å²) >= 11 is 0. The number of ether oxygens (including phenoxy) is 1. The molecule has 0 radical (unpaired) electrons. The maximum Gasteiger partial charge on any atom is 0.573 e. The molecule has 0 amide bonds. The summed E-state index contributed by atoms with van der Waals surface area (Å²) in [5, 5.41) is 0. The Morgan fingerprint density at radius 2 is 1.89 bits per heavy atom. The van der Waals surface area contributed by atoms with Crippen LogP contribution in [0.25, 0.3) is 0 Å². The lowest BCUT2D eigenvalue weighted by Gasteiger charge is -2.10. The van der Waals surface area contributed by atoms with E-state index in [1.807, 2.05) is 6.92 Å². The summed E-state index contributed by atoms with van der Waals surface area (Å²) in [6.45, 7) is 1.91. The number of hydrogen-bond acceptors (Lipinski definition) is 3. The maximum atomic E-state index is 11.9. The van der Waals surface area contributed by atoms with Crippen molar-refractivity contribution in [2.75, 3.05) is 5.75 Å². The normalized spacial score (nSPS) is 15.0. The number of halogens is 3. The molecule has 0 aliphatic heterocycles. The van der Waals surface area contributed by atoms with Gasteiger partial charge in [-0.2, -0.15) is 0 Å². The van der Waals surface area contributed by atoms with Crippen molar-refractivity contribution in [3.63, 3.8) is 0 Å². The molecular weight excluding hydrogens is 279 g/mol. The Morgan fingerprint density at radius 1 is 1.32 bits per heavy atom. The van der Waals surface area contributed by atoms with Gasteiger partial charge in [0.2, 0.25) is 0 Å². The molecule has 0 spiro atoms. The van der Waals surface area contributed by atoms with Crippen LogP contribution in [0.5, 0.6) is 5.75 Å². The number of benzene rings is 1. The molecule has 1 aromatic rings. The standard InChI is InChI=1S/C12H16F3NO2S/c1-2-10(16)8-19(17)7-9-3-5-11(6-4-9)18-12(13,14)15/h3-6,10H,2,7-8,16H2,1H3. The van der Waals surface area contributed by atoms with E-state index in [0.717, 1.165) is 6.42 Å². The zero-order valence-electron chi connectivity index (χ0n) is 10.4. The van der Waals surface area contributed by atoms with E-state index >= 15 is 0 Å². The molecule has 0 aromatic heterocycles. The Hall–Kier alpha value is -1.08. The molecule has 0 aliphatic rings. The number of hydrogen-bond donors (Lipinski definition) is 1. The first kappa shape index (κ1) is 16.0. The summed E-state index contributed by atoms with van der Waals surface area (Å²) in [6, 6.07) is 5.24. The number of alkyl halides is 3. The van der Waals surface area contributed by atoms with Gasteiger partial charge in [-0.15, -0.1) is 13.2 Å². The van der Waals surface area contributed by atoms with Crippen molar-refractivity contribution in [2.24, 2.45) is 5.73 Å². The van der Waals surface area contributed by atoms with Crippen LogP contribution in [0.15, 0.2) is 24.3 Å². The molecule has 7 heteroatoms. The molecule has 1 aromatic carbocycles.